The third kappa shape index (κ3) is 5.17. The average Bonchev–Trinajstić information content (AvgIpc) is 3.15. The number of ether oxygens (including phenoxy) is 1. The Morgan fingerprint density at radius 1 is 1.06 bits per heavy atom. The lowest BCUT2D eigenvalue weighted by Crippen LogP contribution is -2.51. The molecule has 4 aliphatic rings. The molecule has 3 fully saturated rings. The molecule has 198 valence electrons. The van der Waals surface area contributed by atoms with Crippen molar-refractivity contribution in [1.29, 1.82) is 0 Å². The number of halogens is 1. The largest absolute Gasteiger partial charge is 0.459 e. The Bertz CT molecular complexity index is 852. The first-order valence-electron chi connectivity index (χ1n) is 14.7. The number of rotatable bonds is 7. The van der Waals surface area contributed by atoms with Gasteiger partial charge >= 0.3 is 5.97 Å². The van der Waals surface area contributed by atoms with E-state index in [0.717, 1.165) is 54.8 Å². The second kappa shape index (κ2) is 10.5. The highest BCUT2D eigenvalue weighted by atomic mass is 35.5. The van der Waals surface area contributed by atoms with Crippen LogP contribution in [0.2, 0.25) is 0 Å². The highest BCUT2D eigenvalue weighted by molar-refractivity contribution is 6.31. The summed E-state index contributed by atoms with van der Waals surface area (Å²) in [5.41, 5.74) is 2.95. The molecule has 0 aliphatic heterocycles. The summed E-state index contributed by atoms with van der Waals surface area (Å²) >= 11 is 6.04. The summed E-state index contributed by atoms with van der Waals surface area (Å²) in [6.45, 7) is 16.0. The minimum absolute atomic E-state index is 0.000692. The van der Waals surface area contributed by atoms with Gasteiger partial charge in [0.05, 0.1) is 0 Å². The van der Waals surface area contributed by atoms with E-state index in [0.29, 0.717) is 21.4 Å². The van der Waals surface area contributed by atoms with Crippen LogP contribution < -0.4 is 0 Å². The van der Waals surface area contributed by atoms with Gasteiger partial charge in [0, 0.05) is 17.0 Å². The molecule has 0 unspecified atom stereocenters. The quantitative estimate of drug-likeness (QED) is 0.197. The molecule has 0 aromatic rings. The summed E-state index contributed by atoms with van der Waals surface area (Å²) in [5.74, 6) is 4.91. The van der Waals surface area contributed by atoms with Gasteiger partial charge in [0.2, 0.25) is 0 Å². The summed E-state index contributed by atoms with van der Waals surface area (Å²) in [7, 11) is 0. The Hall–Kier alpha value is -0.760. The SMILES string of the molecule is C/C(Cl)=C(\C)C(=O)O[C@@H]1CC[C@@]2(C)C(=CC[C@H]3[C@@H]4CC[C@H]([C@@H](C)CCCC(C)C)[C@@]4(C)CC[C@@H]32)C1. The van der Waals surface area contributed by atoms with Gasteiger partial charge in [-0.3, -0.25) is 0 Å². The molecule has 0 bridgehead atoms. The Morgan fingerprint density at radius 3 is 2.49 bits per heavy atom. The Labute approximate surface area is 220 Å². The fourth-order valence-corrected chi connectivity index (χ4v) is 9.21. The van der Waals surface area contributed by atoms with Gasteiger partial charge in [0.25, 0.3) is 0 Å². The van der Waals surface area contributed by atoms with Crippen LogP contribution in [0.4, 0.5) is 0 Å². The Balaban J connectivity index is 1.44. The topological polar surface area (TPSA) is 26.3 Å². The van der Waals surface area contributed by atoms with Crippen molar-refractivity contribution < 1.29 is 9.53 Å². The molecule has 4 rings (SSSR count). The third-order valence-electron chi connectivity index (χ3n) is 11.4. The Morgan fingerprint density at radius 2 is 1.80 bits per heavy atom. The molecule has 0 aromatic heterocycles. The van der Waals surface area contributed by atoms with Crippen LogP contribution in [0.15, 0.2) is 22.3 Å². The van der Waals surface area contributed by atoms with E-state index in [-0.39, 0.29) is 12.1 Å². The second-order valence-corrected chi connectivity index (χ2v) is 14.3. The monoisotopic (exact) mass is 502 g/mol. The van der Waals surface area contributed by atoms with Crippen molar-refractivity contribution >= 4 is 17.6 Å². The van der Waals surface area contributed by atoms with Gasteiger partial charge in [-0.2, -0.15) is 0 Å². The predicted octanol–water partition coefficient (Wildman–Crippen LogP) is 9.47. The molecule has 3 heteroatoms. The number of carbonyl (C=O) groups is 1. The minimum atomic E-state index is -0.242. The maximum absolute atomic E-state index is 12.5. The molecule has 0 heterocycles. The molecule has 4 aliphatic carbocycles. The number of fused-ring (bicyclic) bond motifs is 5. The molecular weight excluding hydrogens is 452 g/mol. The van der Waals surface area contributed by atoms with Crippen LogP contribution in [-0.2, 0) is 9.53 Å². The number of esters is 1. The second-order valence-electron chi connectivity index (χ2n) is 13.7. The van der Waals surface area contributed by atoms with E-state index < -0.39 is 0 Å². The summed E-state index contributed by atoms with van der Waals surface area (Å²) in [5, 5.41) is 0.532. The molecule has 0 radical (unpaired) electrons. The van der Waals surface area contributed by atoms with Crippen LogP contribution in [0.5, 0.6) is 0 Å². The maximum Gasteiger partial charge on any atom is 0.335 e. The molecule has 0 amide bonds. The summed E-state index contributed by atoms with van der Waals surface area (Å²) in [6, 6.07) is 0. The number of hydrogen-bond acceptors (Lipinski definition) is 2. The standard InChI is InChI=1S/C32H51ClO2/c1-20(2)9-8-10-21(3)27-13-14-28-26-12-11-24-19-25(35-30(34)22(4)23(5)33)15-17-31(24,6)29(26)16-18-32(27,28)7/h11,20-21,25-29H,8-10,12-19H2,1-7H3/b23-22-/t21-,25+,26-,27+,28-,29-,31-,32+/m0/s1. The fraction of sp³-hybridized carbons (Fsp3) is 0.844. The maximum atomic E-state index is 12.5. The molecule has 0 aromatic carbocycles. The Kier molecular flexibility index (Phi) is 8.22. The molecule has 3 saturated carbocycles. The van der Waals surface area contributed by atoms with Gasteiger partial charge in [0.15, 0.2) is 0 Å². The molecule has 2 nitrogen and oxygen atoms in total. The van der Waals surface area contributed by atoms with E-state index in [1.807, 2.05) is 0 Å². The first kappa shape index (κ1) is 27.3. The number of carbonyl (C=O) groups excluding carboxylic acids is 1. The highest BCUT2D eigenvalue weighted by Crippen LogP contribution is 2.67. The lowest BCUT2D eigenvalue weighted by atomic mass is 9.47. The third-order valence-corrected chi connectivity index (χ3v) is 11.6. The summed E-state index contributed by atoms with van der Waals surface area (Å²) in [4.78, 5) is 12.5. The van der Waals surface area contributed by atoms with Crippen molar-refractivity contribution in [3.8, 4) is 0 Å². The van der Waals surface area contributed by atoms with Crippen molar-refractivity contribution in [1.82, 2.24) is 0 Å². The van der Waals surface area contributed by atoms with Crippen LogP contribution >= 0.6 is 11.6 Å². The van der Waals surface area contributed by atoms with Crippen molar-refractivity contribution in [2.24, 2.45) is 46.3 Å². The van der Waals surface area contributed by atoms with Crippen molar-refractivity contribution in [2.75, 3.05) is 0 Å². The van der Waals surface area contributed by atoms with Gasteiger partial charge in [0.1, 0.15) is 6.10 Å². The van der Waals surface area contributed by atoms with E-state index in [9.17, 15) is 4.79 Å². The van der Waals surface area contributed by atoms with Crippen LogP contribution in [0.25, 0.3) is 0 Å². The first-order chi connectivity index (χ1) is 16.5. The lowest BCUT2D eigenvalue weighted by molar-refractivity contribution is -0.146. The number of allylic oxidation sites excluding steroid dienone is 2. The molecule has 0 saturated heterocycles. The van der Waals surface area contributed by atoms with E-state index in [1.54, 1.807) is 19.4 Å². The van der Waals surface area contributed by atoms with E-state index in [4.69, 9.17) is 16.3 Å². The fourth-order valence-electron chi connectivity index (χ4n) is 9.13. The van der Waals surface area contributed by atoms with Gasteiger partial charge in [-0.25, -0.2) is 4.79 Å². The van der Waals surface area contributed by atoms with Crippen molar-refractivity contribution in [3.63, 3.8) is 0 Å². The lowest BCUT2D eigenvalue weighted by Gasteiger charge is -2.58. The summed E-state index contributed by atoms with van der Waals surface area (Å²) < 4.78 is 5.90. The smallest absolute Gasteiger partial charge is 0.335 e. The highest BCUT2D eigenvalue weighted by Gasteiger charge is 2.59. The molecule has 0 spiro atoms. The molecule has 8 atom stereocenters. The first-order valence-corrected chi connectivity index (χ1v) is 15.1. The van der Waals surface area contributed by atoms with Gasteiger partial charge < -0.3 is 4.74 Å². The minimum Gasteiger partial charge on any atom is -0.459 e. The zero-order chi connectivity index (χ0) is 25.5. The van der Waals surface area contributed by atoms with Crippen LogP contribution in [-0.4, -0.2) is 12.1 Å². The van der Waals surface area contributed by atoms with Crippen LogP contribution in [0, 0.1) is 46.3 Å². The van der Waals surface area contributed by atoms with Crippen molar-refractivity contribution in [2.45, 2.75) is 125 Å². The normalized spacial score (nSPS) is 40.3. The van der Waals surface area contributed by atoms with Crippen LogP contribution in [0.3, 0.4) is 0 Å². The predicted molar refractivity (Wildman–Crippen MR) is 147 cm³/mol. The van der Waals surface area contributed by atoms with Crippen molar-refractivity contribution in [3.05, 3.63) is 22.3 Å². The van der Waals surface area contributed by atoms with Gasteiger partial charge in [-0.1, -0.05) is 77.1 Å². The van der Waals surface area contributed by atoms with E-state index >= 15 is 0 Å². The van der Waals surface area contributed by atoms with Gasteiger partial charge in [-0.05, 0) is 105 Å². The number of hydrogen-bond donors (Lipinski definition) is 0. The molecule has 35 heavy (non-hydrogen) atoms. The molecule has 0 N–H and O–H groups in total. The van der Waals surface area contributed by atoms with Crippen LogP contribution in [0.1, 0.15) is 119 Å². The van der Waals surface area contributed by atoms with E-state index in [2.05, 4.69) is 40.7 Å². The average molecular weight is 503 g/mol. The zero-order valence-corrected chi connectivity index (χ0v) is 24.3. The van der Waals surface area contributed by atoms with Gasteiger partial charge in [-0.15, -0.1) is 0 Å². The van der Waals surface area contributed by atoms with E-state index in [1.165, 1.54) is 51.4 Å². The molecular formula is C32H51ClO2. The summed E-state index contributed by atoms with van der Waals surface area (Å²) in [6.07, 6.45) is 16.8. The zero-order valence-electron chi connectivity index (χ0n) is 23.6.